The number of rotatable bonds is 3. The van der Waals surface area contributed by atoms with Gasteiger partial charge in [0.1, 0.15) is 17.4 Å². The van der Waals surface area contributed by atoms with Crippen molar-refractivity contribution in [2.24, 2.45) is 0 Å². The van der Waals surface area contributed by atoms with Gasteiger partial charge in [0.05, 0.1) is 12.2 Å². The van der Waals surface area contributed by atoms with Gasteiger partial charge in [-0.2, -0.15) is 5.26 Å². The zero-order valence-corrected chi connectivity index (χ0v) is 16.2. The van der Waals surface area contributed by atoms with Crippen LogP contribution in [0.2, 0.25) is 0 Å². The van der Waals surface area contributed by atoms with E-state index in [1.807, 2.05) is 6.07 Å². The summed E-state index contributed by atoms with van der Waals surface area (Å²) < 4.78 is 14.0. The maximum absolute atomic E-state index is 14.0. The van der Waals surface area contributed by atoms with Crippen molar-refractivity contribution in [2.45, 2.75) is 19.3 Å². The van der Waals surface area contributed by atoms with Gasteiger partial charge in [-0.3, -0.25) is 14.4 Å². The van der Waals surface area contributed by atoms with Crippen molar-refractivity contribution in [3.63, 3.8) is 0 Å². The zero-order valence-electron chi connectivity index (χ0n) is 16.2. The molecular formula is C20H24FN5O3. The van der Waals surface area contributed by atoms with E-state index >= 15 is 0 Å². The molecule has 2 aliphatic heterocycles. The summed E-state index contributed by atoms with van der Waals surface area (Å²) in [5.41, 5.74) is 0.376. The van der Waals surface area contributed by atoms with Crippen molar-refractivity contribution < 1.29 is 18.8 Å². The van der Waals surface area contributed by atoms with Crippen molar-refractivity contribution >= 4 is 23.4 Å². The number of nitrogens with zero attached hydrogens (tertiary/aromatic N) is 4. The molecule has 0 unspecified atom stereocenters. The van der Waals surface area contributed by atoms with Gasteiger partial charge in [-0.05, 0) is 18.6 Å². The smallest absolute Gasteiger partial charge is 0.242 e. The maximum atomic E-state index is 14.0. The number of amides is 3. The van der Waals surface area contributed by atoms with E-state index in [-0.39, 0.29) is 42.8 Å². The third-order valence-corrected chi connectivity index (χ3v) is 5.25. The molecule has 3 amide bonds. The molecule has 8 nitrogen and oxygen atoms in total. The van der Waals surface area contributed by atoms with E-state index in [0.717, 1.165) is 6.42 Å². The van der Waals surface area contributed by atoms with E-state index in [9.17, 15) is 24.0 Å². The summed E-state index contributed by atoms with van der Waals surface area (Å²) >= 11 is 0. The first-order valence-electron chi connectivity index (χ1n) is 9.75. The summed E-state index contributed by atoms with van der Waals surface area (Å²) in [6.07, 6.45) is 1.39. The van der Waals surface area contributed by atoms with E-state index < -0.39 is 5.82 Å². The first-order chi connectivity index (χ1) is 14.0. The van der Waals surface area contributed by atoms with Gasteiger partial charge < -0.3 is 20.0 Å². The molecule has 2 aliphatic rings. The van der Waals surface area contributed by atoms with Crippen LogP contribution in [-0.2, 0) is 14.4 Å². The Kier molecular flexibility index (Phi) is 6.65. The average Bonchev–Trinajstić information content (AvgIpc) is 3.10. The lowest BCUT2D eigenvalue weighted by molar-refractivity contribution is -0.138. The molecule has 0 aromatic heterocycles. The fraction of sp³-hybridized carbons (Fsp3) is 0.500. The Morgan fingerprint density at radius 2 is 1.97 bits per heavy atom. The van der Waals surface area contributed by atoms with Gasteiger partial charge in [0.2, 0.25) is 17.7 Å². The highest BCUT2D eigenvalue weighted by molar-refractivity contribution is 5.86. The Morgan fingerprint density at radius 3 is 2.69 bits per heavy atom. The SMILES string of the molecule is N#Cc1c(F)cccc1N1CCNC(=O)CCN(C(=O)CN2CCCC2=O)CC1. The molecule has 0 atom stereocenters. The maximum Gasteiger partial charge on any atom is 0.242 e. The van der Waals surface area contributed by atoms with Gasteiger partial charge in [-0.1, -0.05) is 6.07 Å². The van der Waals surface area contributed by atoms with E-state index in [1.165, 1.54) is 12.1 Å². The van der Waals surface area contributed by atoms with E-state index in [0.29, 0.717) is 44.8 Å². The molecule has 9 heteroatoms. The van der Waals surface area contributed by atoms with E-state index in [4.69, 9.17) is 0 Å². The van der Waals surface area contributed by atoms with Crippen molar-refractivity contribution in [3.05, 3.63) is 29.6 Å². The van der Waals surface area contributed by atoms with Crippen molar-refractivity contribution in [1.82, 2.24) is 15.1 Å². The molecule has 2 saturated heterocycles. The number of hydrogen-bond acceptors (Lipinski definition) is 5. The van der Waals surface area contributed by atoms with E-state index in [1.54, 1.807) is 20.8 Å². The van der Waals surface area contributed by atoms with Crippen LogP contribution in [0.1, 0.15) is 24.8 Å². The normalized spacial score (nSPS) is 18.4. The van der Waals surface area contributed by atoms with Crippen LogP contribution >= 0.6 is 0 Å². The Bertz CT molecular complexity index is 838. The molecule has 0 spiro atoms. The lowest BCUT2D eigenvalue weighted by Crippen LogP contribution is -2.48. The van der Waals surface area contributed by atoms with Crippen LogP contribution in [0.4, 0.5) is 10.1 Å². The Hall–Kier alpha value is -3.15. The number of benzene rings is 1. The number of halogens is 1. The summed E-state index contributed by atoms with van der Waals surface area (Å²) in [4.78, 5) is 41.5. The fourth-order valence-electron chi connectivity index (χ4n) is 3.63. The molecule has 29 heavy (non-hydrogen) atoms. The van der Waals surface area contributed by atoms with Gasteiger partial charge in [0, 0.05) is 52.1 Å². The van der Waals surface area contributed by atoms with Crippen molar-refractivity contribution in [2.75, 3.05) is 50.7 Å². The van der Waals surface area contributed by atoms with Gasteiger partial charge in [0.25, 0.3) is 0 Å². The Labute approximate surface area is 168 Å². The van der Waals surface area contributed by atoms with Crippen LogP contribution in [-0.4, -0.2) is 73.3 Å². The first kappa shape index (κ1) is 20.6. The fourth-order valence-corrected chi connectivity index (χ4v) is 3.63. The van der Waals surface area contributed by atoms with Gasteiger partial charge in [-0.15, -0.1) is 0 Å². The molecule has 0 aliphatic carbocycles. The van der Waals surface area contributed by atoms with Crippen LogP contribution in [0.5, 0.6) is 0 Å². The lowest BCUT2D eigenvalue weighted by atomic mass is 10.1. The number of anilines is 1. The molecule has 1 N–H and O–H groups in total. The predicted molar refractivity (Wildman–Crippen MR) is 103 cm³/mol. The Morgan fingerprint density at radius 1 is 1.14 bits per heavy atom. The van der Waals surface area contributed by atoms with Crippen LogP contribution in [0.15, 0.2) is 18.2 Å². The summed E-state index contributed by atoms with van der Waals surface area (Å²) in [7, 11) is 0. The molecule has 3 rings (SSSR count). The van der Waals surface area contributed by atoms with Crippen LogP contribution < -0.4 is 10.2 Å². The van der Waals surface area contributed by atoms with Crippen LogP contribution in [0.3, 0.4) is 0 Å². The average molecular weight is 401 g/mol. The number of nitrogens with one attached hydrogen (secondary N) is 1. The highest BCUT2D eigenvalue weighted by Gasteiger charge is 2.26. The molecule has 0 saturated carbocycles. The molecule has 2 fully saturated rings. The number of carbonyl (C=O) groups excluding carboxylic acids is 3. The summed E-state index contributed by atoms with van der Waals surface area (Å²) in [6, 6.07) is 6.31. The summed E-state index contributed by atoms with van der Waals surface area (Å²) in [5, 5.41) is 12.1. The second kappa shape index (κ2) is 9.37. The Balaban J connectivity index is 1.76. The second-order valence-corrected chi connectivity index (χ2v) is 7.13. The molecule has 1 aromatic rings. The van der Waals surface area contributed by atoms with Crippen molar-refractivity contribution in [3.8, 4) is 6.07 Å². The van der Waals surface area contributed by atoms with E-state index in [2.05, 4.69) is 5.32 Å². The topological polar surface area (TPSA) is 96.8 Å². The number of likely N-dealkylation sites (tertiary alicyclic amines) is 1. The molecular weight excluding hydrogens is 377 g/mol. The molecule has 2 heterocycles. The largest absolute Gasteiger partial charge is 0.367 e. The minimum absolute atomic E-state index is 0.00383. The molecule has 154 valence electrons. The molecule has 0 bridgehead atoms. The quantitative estimate of drug-likeness (QED) is 0.795. The van der Waals surface area contributed by atoms with Crippen molar-refractivity contribution in [1.29, 1.82) is 5.26 Å². The molecule has 0 radical (unpaired) electrons. The van der Waals surface area contributed by atoms with Crippen LogP contribution in [0.25, 0.3) is 0 Å². The highest BCUT2D eigenvalue weighted by Crippen LogP contribution is 2.22. The zero-order chi connectivity index (χ0) is 20.8. The molecule has 1 aromatic carbocycles. The van der Waals surface area contributed by atoms with Gasteiger partial charge in [-0.25, -0.2) is 4.39 Å². The predicted octanol–water partition coefficient (Wildman–Crippen LogP) is 0.475. The third-order valence-electron chi connectivity index (χ3n) is 5.25. The number of nitriles is 1. The third kappa shape index (κ3) is 5.02. The number of hydrogen-bond donors (Lipinski definition) is 1. The minimum atomic E-state index is -0.605. The standard InChI is InChI=1S/C20H24FN5O3/c21-16-3-1-4-17(15(16)13-22)24-10-7-23-18(27)6-9-25(12-11-24)20(29)14-26-8-2-5-19(26)28/h1,3-4H,2,5-12,14H2,(H,23,27). The first-order valence-corrected chi connectivity index (χ1v) is 9.75. The lowest BCUT2D eigenvalue weighted by Gasteiger charge is -2.32. The van der Waals surface area contributed by atoms with Gasteiger partial charge in [0.15, 0.2) is 0 Å². The minimum Gasteiger partial charge on any atom is -0.367 e. The summed E-state index contributed by atoms with van der Waals surface area (Å²) in [5.74, 6) is -1.03. The van der Waals surface area contributed by atoms with Crippen LogP contribution in [0, 0.1) is 17.1 Å². The summed E-state index contributed by atoms with van der Waals surface area (Å²) in [6.45, 7) is 2.26. The van der Waals surface area contributed by atoms with Gasteiger partial charge >= 0.3 is 0 Å². The monoisotopic (exact) mass is 401 g/mol. The number of carbonyl (C=O) groups is 3. The highest BCUT2D eigenvalue weighted by atomic mass is 19.1. The second-order valence-electron chi connectivity index (χ2n) is 7.13.